The fourth-order valence-electron chi connectivity index (χ4n) is 1.87. The normalized spacial score (nSPS) is 19.0. The average molecular weight is 230 g/mol. The van der Waals surface area contributed by atoms with E-state index in [1.807, 2.05) is 0 Å². The molecule has 0 N–H and O–H groups in total. The van der Waals surface area contributed by atoms with Gasteiger partial charge >= 0.3 is 5.97 Å². The zero-order chi connectivity index (χ0) is 12.0. The molecular formula is C12H22O4. The predicted molar refractivity (Wildman–Crippen MR) is 59.9 cm³/mol. The second kappa shape index (κ2) is 6.86. The summed E-state index contributed by atoms with van der Waals surface area (Å²) in [4.78, 5) is 10.7. The highest BCUT2D eigenvalue weighted by Crippen LogP contribution is 2.24. The van der Waals surface area contributed by atoms with Crippen molar-refractivity contribution in [1.29, 1.82) is 0 Å². The number of carbonyl (C=O) groups is 1. The van der Waals surface area contributed by atoms with Crippen LogP contribution in [-0.2, 0) is 19.0 Å². The van der Waals surface area contributed by atoms with Crippen molar-refractivity contribution >= 4 is 5.97 Å². The summed E-state index contributed by atoms with van der Waals surface area (Å²) in [6, 6.07) is 0. The maximum Gasteiger partial charge on any atom is 0.302 e. The zero-order valence-corrected chi connectivity index (χ0v) is 10.4. The Bertz CT molecular complexity index is 209. The number of ether oxygens (including phenoxy) is 3. The van der Waals surface area contributed by atoms with Gasteiger partial charge in [-0.25, -0.2) is 0 Å². The van der Waals surface area contributed by atoms with E-state index < -0.39 is 0 Å². The quantitative estimate of drug-likeness (QED) is 0.654. The molecule has 0 amide bonds. The van der Waals surface area contributed by atoms with Gasteiger partial charge in [-0.2, -0.15) is 0 Å². The summed E-state index contributed by atoms with van der Waals surface area (Å²) in [6.07, 6.45) is 1.70. The second-order valence-electron chi connectivity index (χ2n) is 4.54. The van der Waals surface area contributed by atoms with Crippen LogP contribution in [0.1, 0.15) is 33.6 Å². The molecule has 0 saturated carbocycles. The SMILES string of the molecule is CC(=O)OCCC(CC1OCCO1)C(C)C. The van der Waals surface area contributed by atoms with Gasteiger partial charge < -0.3 is 14.2 Å². The van der Waals surface area contributed by atoms with E-state index in [0.29, 0.717) is 31.7 Å². The predicted octanol–water partition coefficient (Wildman–Crippen LogP) is 1.97. The molecule has 0 radical (unpaired) electrons. The number of hydrogen-bond donors (Lipinski definition) is 0. The lowest BCUT2D eigenvalue weighted by Gasteiger charge is -2.23. The Labute approximate surface area is 97.2 Å². The molecule has 0 aliphatic carbocycles. The topological polar surface area (TPSA) is 44.8 Å². The minimum atomic E-state index is -0.212. The Kier molecular flexibility index (Phi) is 5.77. The van der Waals surface area contributed by atoms with Crippen LogP contribution in [0.25, 0.3) is 0 Å². The monoisotopic (exact) mass is 230 g/mol. The first-order chi connectivity index (χ1) is 7.59. The molecule has 1 unspecified atom stereocenters. The summed E-state index contributed by atoms with van der Waals surface area (Å²) in [5.41, 5.74) is 0. The second-order valence-corrected chi connectivity index (χ2v) is 4.54. The van der Waals surface area contributed by atoms with Crippen LogP contribution in [0.2, 0.25) is 0 Å². The molecular weight excluding hydrogens is 208 g/mol. The van der Waals surface area contributed by atoms with E-state index in [2.05, 4.69) is 13.8 Å². The zero-order valence-electron chi connectivity index (χ0n) is 10.4. The molecule has 1 rings (SSSR count). The molecule has 4 nitrogen and oxygen atoms in total. The van der Waals surface area contributed by atoms with Crippen molar-refractivity contribution in [2.45, 2.75) is 39.9 Å². The van der Waals surface area contributed by atoms with Crippen LogP contribution < -0.4 is 0 Å². The minimum absolute atomic E-state index is 0.0651. The van der Waals surface area contributed by atoms with Crippen molar-refractivity contribution in [2.75, 3.05) is 19.8 Å². The molecule has 4 heteroatoms. The Morgan fingerprint density at radius 2 is 2.00 bits per heavy atom. The molecule has 0 aromatic heterocycles. The highest BCUT2D eigenvalue weighted by Gasteiger charge is 2.23. The number of rotatable bonds is 6. The van der Waals surface area contributed by atoms with Crippen molar-refractivity contribution in [3.05, 3.63) is 0 Å². The highest BCUT2D eigenvalue weighted by molar-refractivity contribution is 5.65. The maximum atomic E-state index is 10.7. The van der Waals surface area contributed by atoms with Crippen molar-refractivity contribution in [3.8, 4) is 0 Å². The average Bonchev–Trinajstić information content (AvgIpc) is 2.68. The van der Waals surface area contributed by atoms with Gasteiger partial charge in [0.1, 0.15) is 0 Å². The Morgan fingerprint density at radius 1 is 1.38 bits per heavy atom. The lowest BCUT2D eigenvalue weighted by atomic mass is 9.89. The van der Waals surface area contributed by atoms with E-state index in [1.54, 1.807) is 0 Å². The molecule has 0 aromatic carbocycles. The van der Waals surface area contributed by atoms with Crippen LogP contribution >= 0.6 is 0 Å². The van der Waals surface area contributed by atoms with Gasteiger partial charge in [-0.05, 0) is 18.3 Å². The molecule has 1 aliphatic rings. The first kappa shape index (κ1) is 13.5. The lowest BCUT2D eigenvalue weighted by molar-refractivity contribution is -0.141. The summed E-state index contributed by atoms with van der Waals surface area (Å²) in [6.45, 7) is 7.66. The molecule has 1 atom stereocenters. The smallest absolute Gasteiger partial charge is 0.302 e. The van der Waals surface area contributed by atoms with E-state index in [9.17, 15) is 4.79 Å². The van der Waals surface area contributed by atoms with Crippen LogP contribution in [0.3, 0.4) is 0 Å². The van der Waals surface area contributed by atoms with Gasteiger partial charge in [0, 0.05) is 13.3 Å². The minimum Gasteiger partial charge on any atom is -0.466 e. The third-order valence-electron chi connectivity index (χ3n) is 2.92. The molecule has 94 valence electrons. The van der Waals surface area contributed by atoms with Crippen LogP contribution in [0, 0.1) is 11.8 Å². The van der Waals surface area contributed by atoms with Crippen LogP contribution in [0.4, 0.5) is 0 Å². The third kappa shape index (κ3) is 4.94. The number of hydrogen-bond acceptors (Lipinski definition) is 4. The molecule has 1 fully saturated rings. The Balaban J connectivity index is 2.26. The van der Waals surface area contributed by atoms with Crippen LogP contribution in [0.15, 0.2) is 0 Å². The molecule has 1 saturated heterocycles. The summed E-state index contributed by atoms with van der Waals surface area (Å²) in [5, 5.41) is 0. The van der Waals surface area contributed by atoms with Crippen molar-refractivity contribution in [2.24, 2.45) is 11.8 Å². The van der Waals surface area contributed by atoms with Gasteiger partial charge in [0.2, 0.25) is 0 Å². The number of esters is 1. The molecule has 0 spiro atoms. The van der Waals surface area contributed by atoms with E-state index in [-0.39, 0.29) is 12.3 Å². The highest BCUT2D eigenvalue weighted by atomic mass is 16.7. The maximum absolute atomic E-state index is 10.7. The summed E-state index contributed by atoms with van der Waals surface area (Å²) < 4.78 is 15.8. The lowest BCUT2D eigenvalue weighted by Crippen LogP contribution is -2.20. The molecule has 1 heterocycles. The van der Waals surface area contributed by atoms with Gasteiger partial charge in [-0.1, -0.05) is 13.8 Å². The van der Waals surface area contributed by atoms with Crippen molar-refractivity contribution in [3.63, 3.8) is 0 Å². The third-order valence-corrected chi connectivity index (χ3v) is 2.92. The Morgan fingerprint density at radius 3 is 2.50 bits per heavy atom. The number of carbonyl (C=O) groups excluding carboxylic acids is 1. The summed E-state index contributed by atoms with van der Waals surface area (Å²) >= 11 is 0. The first-order valence-electron chi connectivity index (χ1n) is 5.96. The van der Waals surface area contributed by atoms with Crippen LogP contribution in [0.5, 0.6) is 0 Å². The van der Waals surface area contributed by atoms with Gasteiger partial charge in [-0.15, -0.1) is 0 Å². The van der Waals surface area contributed by atoms with Crippen LogP contribution in [-0.4, -0.2) is 32.1 Å². The molecule has 1 aliphatic heterocycles. The van der Waals surface area contributed by atoms with E-state index in [0.717, 1.165) is 12.8 Å². The van der Waals surface area contributed by atoms with E-state index >= 15 is 0 Å². The van der Waals surface area contributed by atoms with Gasteiger partial charge in [0.25, 0.3) is 0 Å². The summed E-state index contributed by atoms with van der Waals surface area (Å²) in [7, 11) is 0. The Hall–Kier alpha value is -0.610. The van der Waals surface area contributed by atoms with Gasteiger partial charge in [0.05, 0.1) is 19.8 Å². The standard InChI is InChI=1S/C12H22O4/c1-9(2)11(4-5-14-10(3)13)8-12-15-6-7-16-12/h9,11-12H,4-8H2,1-3H3. The molecule has 16 heavy (non-hydrogen) atoms. The fraction of sp³-hybridized carbons (Fsp3) is 0.917. The molecule has 0 bridgehead atoms. The fourth-order valence-corrected chi connectivity index (χ4v) is 1.87. The van der Waals surface area contributed by atoms with Crippen molar-refractivity contribution in [1.82, 2.24) is 0 Å². The van der Waals surface area contributed by atoms with Gasteiger partial charge in [0.15, 0.2) is 6.29 Å². The van der Waals surface area contributed by atoms with Gasteiger partial charge in [-0.3, -0.25) is 4.79 Å². The molecule has 0 aromatic rings. The first-order valence-corrected chi connectivity index (χ1v) is 5.96. The van der Waals surface area contributed by atoms with E-state index in [1.165, 1.54) is 6.92 Å². The largest absolute Gasteiger partial charge is 0.466 e. The summed E-state index contributed by atoms with van der Waals surface area (Å²) in [5.74, 6) is 0.807. The van der Waals surface area contributed by atoms with Crippen molar-refractivity contribution < 1.29 is 19.0 Å². The van der Waals surface area contributed by atoms with E-state index in [4.69, 9.17) is 14.2 Å².